The van der Waals surface area contributed by atoms with Gasteiger partial charge in [-0.2, -0.15) is 10.4 Å². The second-order valence-corrected chi connectivity index (χ2v) is 3.96. The van der Waals surface area contributed by atoms with Crippen LogP contribution in [0.2, 0.25) is 0 Å². The summed E-state index contributed by atoms with van der Waals surface area (Å²) in [4.78, 5) is 11.7. The predicted molar refractivity (Wildman–Crippen MR) is 62.2 cm³/mol. The van der Waals surface area contributed by atoms with Crippen molar-refractivity contribution in [3.8, 4) is 6.07 Å². The van der Waals surface area contributed by atoms with Crippen molar-refractivity contribution in [3.05, 3.63) is 11.8 Å². The number of amides is 1. The van der Waals surface area contributed by atoms with Gasteiger partial charge < -0.3 is 10.1 Å². The number of methoxy groups -OCH3 is 1. The molecule has 0 spiro atoms. The molecule has 1 rings (SSSR count). The third-order valence-electron chi connectivity index (χ3n) is 2.30. The second kappa shape index (κ2) is 6.01. The van der Waals surface area contributed by atoms with Gasteiger partial charge in [0.15, 0.2) is 0 Å². The molecule has 6 nitrogen and oxygen atoms in total. The fraction of sp³-hybridized carbons (Fsp3) is 0.545. The molecule has 1 heterocycles. The van der Waals surface area contributed by atoms with Crippen LogP contribution in [0.3, 0.4) is 0 Å². The van der Waals surface area contributed by atoms with Crippen LogP contribution in [0.4, 0.5) is 5.82 Å². The van der Waals surface area contributed by atoms with E-state index in [-0.39, 0.29) is 11.8 Å². The lowest BCUT2D eigenvalue weighted by molar-refractivity contribution is -0.117. The summed E-state index contributed by atoms with van der Waals surface area (Å²) in [5, 5.41) is 15.4. The SMILES string of the molecule is COCC(C)CC(=O)Nc1c(C#N)cnn1C. The van der Waals surface area contributed by atoms with Crippen molar-refractivity contribution in [3.63, 3.8) is 0 Å². The summed E-state index contributed by atoms with van der Waals surface area (Å²) < 4.78 is 6.43. The number of rotatable bonds is 5. The zero-order chi connectivity index (χ0) is 12.8. The number of nitrogens with one attached hydrogen (secondary N) is 1. The highest BCUT2D eigenvalue weighted by Gasteiger charge is 2.14. The van der Waals surface area contributed by atoms with Crippen LogP contribution in [0.1, 0.15) is 18.9 Å². The fourth-order valence-corrected chi connectivity index (χ4v) is 1.51. The van der Waals surface area contributed by atoms with Gasteiger partial charge in [0.1, 0.15) is 17.5 Å². The van der Waals surface area contributed by atoms with E-state index < -0.39 is 0 Å². The van der Waals surface area contributed by atoms with Crippen molar-refractivity contribution in [2.75, 3.05) is 19.0 Å². The Morgan fingerprint density at radius 1 is 1.76 bits per heavy atom. The summed E-state index contributed by atoms with van der Waals surface area (Å²) in [6.45, 7) is 2.46. The Morgan fingerprint density at radius 3 is 3.06 bits per heavy atom. The van der Waals surface area contributed by atoms with E-state index >= 15 is 0 Å². The Morgan fingerprint density at radius 2 is 2.47 bits per heavy atom. The lowest BCUT2D eigenvalue weighted by atomic mass is 10.1. The Balaban J connectivity index is 2.62. The third kappa shape index (κ3) is 3.57. The van der Waals surface area contributed by atoms with E-state index in [1.807, 2.05) is 13.0 Å². The van der Waals surface area contributed by atoms with Crippen molar-refractivity contribution in [1.29, 1.82) is 5.26 Å². The number of carbonyl (C=O) groups is 1. The first-order valence-corrected chi connectivity index (χ1v) is 5.29. The van der Waals surface area contributed by atoms with Gasteiger partial charge in [-0.1, -0.05) is 6.92 Å². The Labute approximate surface area is 100 Å². The first kappa shape index (κ1) is 13.2. The van der Waals surface area contributed by atoms with Crippen molar-refractivity contribution in [2.24, 2.45) is 13.0 Å². The van der Waals surface area contributed by atoms with Crippen molar-refractivity contribution in [2.45, 2.75) is 13.3 Å². The summed E-state index contributed by atoms with van der Waals surface area (Å²) >= 11 is 0. The highest BCUT2D eigenvalue weighted by molar-refractivity contribution is 5.91. The summed E-state index contributed by atoms with van der Waals surface area (Å²) in [5.74, 6) is 0.426. The van der Waals surface area contributed by atoms with Gasteiger partial charge in [0, 0.05) is 27.2 Å². The van der Waals surface area contributed by atoms with E-state index in [2.05, 4.69) is 10.4 Å². The maximum Gasteiger partial charge on any atom is 0.225 e. The van der Waals surface area contributed by atoms with Crippen LogP contribution >= 0.6 is 0 Å². The molecule has 0 aliphatic rings. The molecule has 0 aliphatic carbocycles. The number of aromatic nitrogens is 2. The number of aryl methyl sites for hydroxylation is 1. The zero-order valence-electron chi connectivity index (χ0n) is 10.2. The third-order valence-corrected chi connectivity index (χ3v) is 2.30. The maximum atomic E-state index is 11.7. The summed E-state index contributed by atoms with van der Waals surface area (Å²) in [6.07, 6.45) is 1.78. The minimum absolute atomic E-state index is 0.138. The molecule has 0 saturated heterocycles. The summed E-state index contributed by atoms with van der Waals surface area (Å²) in [5.41, 5.74) is 0.361. The van der Waals surface area contributed by atoms with Crippen molar-refractivity contribution < 1.29 is 9.53 Å². The van der Waals surface area contributed by atoms with E-state index in [1.165, 1.54) is 10.9 Å². The van der Waals surface area contributed by atoms with Gasteiger partial charge in [-0.05, 0) is 5.92 Å². The normalized spacial score (nSPS) is 11.9. The van der Waals surface area contributed by atoms with E-state index in [4.69, 9.17) is 10.00 Å². The lowest BCUT2D eigenvalue weighted by Gasteiger charge is -2.10. The molecule has 1 aromatic rings. The number of hydrogen-bond acceptors (Lipinski definition) is 4. The van der Waals surface area contributed by atoms with Gasteiger partial charge in [-0.3, -0.25) is 9.48 Å². The van der Waals surface area contributed by atoms with Crippen LogP contribution in [0.25, 0.3) is 0 Å². The fourth-order valence-electron chi connectivity index (χ4n) is 1.51. The summed E-state index contributed by atoms with van der Waals surface area (Å²) in [6, 6.07) is 1.98. The van der Waals surface area contributed by atoms with E-state index in [1.54, 1.807) is 14.2 Å². The van der Waals surface area contributed by atoms with Crippen LogP contribution in [-0.4, -0.2) is 29.4 Å². The monoisotopic (exact) mass is 236 g/mol. The zero-order valence-corrected chi connectivity index (χ0v) is 10.2. The Hall–Kier alpha value is -1.87. The van der Waals surface area contributed by atoms with Gasteiger partial charge in [0.25, 0.3) is 0 Å². The van der Waals surface area contributed by atoms with Gasteiger partial charge in [0.05, 0.1) is 6.20 Å². The minimum atomic E-state index is -0.144. The Kier molecular flexibility index (Phi) is 4.67. The van der Waals surface area contributed by atoms with Gasteiger partial charge in [-0.25, -0.2) is 0 Å². The van der Waals surface area contributed by atoms with Crippen molar-refractivity contribution in [1.82, 2.24) is 9.78 Å². The molecule has 6 heteroatoms. The molecule has 1 atom stereocenters. The first-order valence-electron chi connectivity index (χ1n) is 5.29. The highest BCUT2D eigenvalue weighted by atomic mass is 16.5. The molecule has 17 heavy (non-hydrogen) atoms. The lowest BCUT2D eigenvalue weighted by Crippen LogP contribution is -2.19. The Bertz CT molecular complexity index is 433. The standard InChI is InChI=1S/C11H16N4O2/c1-8(7-17-3)4-10(16)14-11-9(5-12)6-13-15(11)2/h6,8H,4,7H2,1-3H3,(H,14,16). The number of nitrogens with zero attached hydrogens (tertiary/aromatic N) is 3. The molecule has 1 N–H and O–H groups in total. The molecular weight excluding hydrogens is 220 g/mol. The molecule has 0 aliphatic heterocycles. The van der Waals surface area contributed by atoms with E-state index in [0.29, 0.717) is 24.4 Å². The number of anilines is 1. The maximum absolute atomic E-state index is 11.7. The molecule has 92 valence electrons. The number of ether oxygens (including phenoxy) is 1. The van der Waals surface area contributed by atoms with Gasteiger partial charge >= 0.3 is 0 Å². The van der Waals surface area contributed by atoms with Crippen LogP contribution in [0.15, 0.2) is 6.20 Å². The topological polar surface area (TPSA) is 79.9 Å². The average Bonchev–Trinajstić information content (AvgIpc) is 2.60. The van der Waals surface area contributed by atoms with Crippen LogP contribution in [0, 0.1) is 17.2 Å². The quantitative estimate of drug-likeness (QED) is 0.823. The van der Waals surface area contributed by atoms with Crippen LogP contribution < -0.4 is 5.32 Å². The number of carbonyl (C=O) groups excluding carboxylic acids is 1. The molecule has 0 fully saturated rings. The highest BCUT2D eigenvalue weighted by Crippen LogP contribution is 2.13. The first-order chi connectivity index (χ1) is 8.08. The van der Waals surface area contributed by atoms with E-state index in [9.17, 15) is 4.79 Å². The molecule has 0 saturated carbocycles. The molecule has 1 aromatic heterocycles. The molecule has 0 bridgehead atoms. The average molecular weight is 236 g/mol. The minimum Gasteiger partial charge on any atom is -0.384 e. The van der Waals surface area contributed by atoms with Crippen LogP contribution in [0.5, 0.6) is 0 Å². The molecule has 1 unspecified atom stereocenters. The predicted octanol–water partition coefficient (Wildman–Crippen LogP) is 0.903. The largest absolute Gasteiger partial charge is 0.384 e. The molecule has 1 amide bonds. The van der Waals surface area contributed by atoms with Gasteiger partial charge in [-0.15, -0.1) is 0 Å². The smallest absolute Gasteiger partial charge is 0.225 e. The van der Waals surface area contributed by atoms with E-state index in [0.717, 1.165) is 0 Å². The van der Waals surface area contributed by atoms with Gasteiger partial charge in [0.2, 0.25) is 5.91 Å². The van der Waals surface area contributed by atoms with Crippen molar-refractivity contribution >= 4 is 11.7 Å². The number of hydrogen-bond donors (Lipinski definition) is 1. The second-order valence-electron chi connectivity index (χ2n) is 3.96. The molecular formula is C11H16N4O2. The number of nitriles is 1. The summed E-state index contributed by atoms with van der Waals surface area (Å²) in [7, 11) is 3.28. The molecule has 0 radical (unpaired) electrons. The molecule has 0 aromatic carbocycles. The van der Waals surface area contributed by atoms with Crippen LogP contribution in [-0.2, 0) is 16.6 Å².